The van der Waals surface area contributed by atoms with Gasteiger partial charge in [0.1, 0.15) is 0 Å². The van der Waals surface area contributed by atoms with Crippen molar-refractivity contribution >= 4 is 23.4 Å². The van der Waals surface area contributed by atoms with Crippen molar-refractivity contribution < 1.29 is 9.90 Å². The molecule has 3 nitrogen and oxygen atoms in total. The summed E-state index contributed by atoms with van der Waals surface area (Å²) in [6, 6.07) is 2.63. The Morgan fingerprint density at radius 3 is 3.17 bits per heavy atom. The molecule has 1 fully saturated rings. The average Bonchev–Trinajstić information content (AvgIpc) is 2.77. The lowest BCUT2D eigenvalue weighted by molar-refractivity contribution is -0.131. The minimum atomic E-state index is -0.890. The van der Waals surface area contributed by atoms with Crippen LogP contribution in [0.4, 0.5) is 0 Å². The van der Waals surface area contributed by atoms with Crippen molar-refractivity contribution in [2.75, 3.05) is 6.54 Å². The molecule has 0 aliphatic carbocycles. The predicted octanol–water partition coefficient (Wildman–Crippen LogP) is 3.22. The number of hydrogen-bond donors (Lipinski definition) is 1. The molecule has 1 atom stereocenters. The fourth-order valence-electron chi connectivity index (χ4n) is 2.37. The summed E-state index contributed by atoms with van der Waals surface area (Å²) in [6.07, 6.45) is 6.78. The largest absolute Gasteiger partial charge is 0.478 e. The third-order valence-corrected chi connectivity index (χ3v) is 4.39. The molecule has 98 valence electrons. The summed E-state index contributed by atoms with van der Waals surface area (Å²) in [7, 11) is 0. The molecule has 1 aromatic heterocycles. The first-order valence-electron chi connectivity index (χ1n) is 6.38. The topological polar surface area (TPSA) is 40.5 Å². The minimum Gasteiger partial charge on any atom is -0.478 e. The number of aliphatic carboxylic acids is 1. The highest BCUT2D eigenvalue weighted by Gasteiger charge is 2.19. The van der Waals surface area contributed by atoms with Gasteiger partial charge in [0.25, 0.3) is 0 Å². The average molecular weight is 265 g/mol. The Labute approximate surface area is 112 Å². The Hall–Kier alpha value is -1.13. The zero-order chi connectivity index (χ0) is 13.0. The van der Waals surface area contributed by atoms with E-state index in [1.54, 1.807) is 17.4 Å². The molecule has 0 aromatic carbocycles. The van der Waals surface area contributed by atoms with Gasteiger partial charge in [0.15, 0.2) is 0 Å². The molecule has 0 radical (unpaired) electrons. The number of nitrogens with zero attached hydrogens (tertiary/aromatic N) is 1. The van der Waals surface area contributed by atoms with Gasteiger partial charge in [0.05, 0.1) is 0 Å². The molecule has 1 aliphatic rings. The zero-order valence-electron chi connectivity index (χ0n) is 10.6. The molecule has 2 rings (SSSR count). The summed E-state index contributed by atoms with van der Waals surface area (Å²) >= 11 is 1.71. The number of thiophene rings is 1. The van der Waals surface area contributed by atoms with Gasteiger partial charge in [-0.05, 0) is 49.4 Å². The molecular formula is C14H19NO2S. The molecule has 1 saturated heterocycles. The van der Waals surface area contributed by atoms with E-state index in [0.29, 0.717) is 6.04 Å². The summed E-state index contributed by atoms with van der Waals surface area (Å²) in [6.45, 7) is 4.37. The van der Waals surface area contributed by atoms with Crippen LogP contribution in [0.1, 0.15) is 36.6 Å². The van der Waals surface area contributed by atoms with Crippen LogP contribution in [0.3, 0.4) is 0 Å². The van der Waals surface area contributed by atoms with Gasteiger partial charge in [0.2, 0.25) is 0 Å². The van der Waals surface area contributed by atoms with Crippen LogP contribution in [-0.4, -0.2) is 28.6 Å². The molecule has 1 unspecified atom stereocenters. The number of rotatable bonds is 4. The second-order valence-electron chi connectivity index (χ2n) is 4.79. The Morgan fingerprint density at radius 1 is 1.61 bits per heavy atom. The third-order valence-electron chi connectivity index (χ3n) is 3.47. The van der Waals surface area contributed by atoms with Crippen molar-refractivity contribution in [2.24, 2.45) is 0 Å². The lowest BCUT2D eigenvalue weighted by atomic mass is 10.0. The van der Waals surface area contributed by atoms with Gasteiger partial charge in [-0.3, -0.25) is 4.90 Å². The number of carboxylic acid groups (broad SMARTS) is 1. The molecule has 2 heterocycles. The number of carbonyl (C=O) groups is 1. The molecule has 4 heteroatoms. The van der Waals surface area contributed by atoms with Crippen LogP contribution in [0.15, 0.2) is 17.5 Å². The first-order valence-corrected chi connectivity index (χ1v) is 7.26. The van der Waals surface area contributed by atoms with Crippen LogP contribution in [0, 0.1) is 0 Å². The van der Waals surface area contributed by atoms with Gasteiger partial charge < -0.3 is 5.11 Å². The molecule has 0 amide bonds. The maximum atomic E-state index is 10.6. The van der Waals surface area contributed by atoms with Crippen molar-refractivity contribution in [3.63, 3.8) is 0 Å². The molecule has 0 saturated carbocycles. The third kappa shape index (κ3) is 3.43. The lowest BCUT2D eigenvalue weighted by Crippen LogP contribution is -2.36. The lowest BCUT2D eigenvalue weighted by Gasteiger charge is -2.33. The summed E-state index contributed by atoms with van der Waals surface area (Å²) in [5.74, 6) is -0.890. The maximum Gasteiger partial charge on any atom is 0.328 e. The van der Waals surface area contributed by atoms with Gasteiger partial charge in [-0.2, -0.15) is 0 Å². The number of piperidine rings is 1. The summed E-state index contributed by atoms with van der Waals surface area (Å²) in [5, 5.41) is 10.7. The maximum absolute atomic E-state index is 10.6. The van der Waals surface area contributed by atoms with Gasteiger partial charge in [-0.25, -0.2) is 4.79 Å². The molecule has 18 heavy (non-hydrogen) atoms. The predicted molar refractivity (Wildman–Crippen MR) is 74.7 cm³/mol. The standard InChI is InChI=1S/C14H19NO2S/c1-11-4-2-3-8-15(11)10-13-12(7-9-18-13)5-6-14(16)17/h5-7,9,11H,2-4,8,10H2,1H3,(H,16,17). The van der Waals surface area contributed by atoms with E-state index in [4.69, 9.17) is 5.11 Å². The van der Waals surface area contributed by atoms with Crippen molar-refractivity contribution in [3.8, 4) is 0 Å². The summed E-state index contributed by atoms with van der Waals surface area (Å²) in [5.41, 5.74) is 1.04. The highest BCUT2D eigenvalue weighted by atomic mass is 32.1. The van der Waals surface area contributed by atoms with Crippen molar-refractivity contribution in [1.82, 2.24) is 4.90 Å². The summed E-state index contributed by atoms with van der Waals surface area (Å²) < 4.78 is 0. The zero-order valence-corrected chi connectivity index (χ0v) is 11.4. The smallest absolute Gasteiger partial charge is 0.328 e. The summed E-state index contributed by atoms with van der Waals surface area (Å²) in [4.78, 5) is 14.3. The first kappa shape index (κ1) is 13.3. The molecule has 1 aliphatic heterocycles. The van der Waals surface area contributed by atoms with Crippen molar-refractivity contribution in [1.29, 1.82) is 0 Å². The van der Waals surface area contributed by atoms with E-state index < -0.39 is 5.97 Å². The van der Waals surface area contributed by atoms with E-state index >= 15 is 0 Å². The van der Waals surface area contributed by atoms with Crippen molar-refractivity contribution in [3.05, 3.63) is 28.0 Å². The van der Waals surface area contributed by atoms with E-state index in [1.807, 2.05) is 11.4 Å². The van der Waals surface area contributed by atoms with Gasteiger partial charge in [0, 0.05) is 23.5 Å². The van der Waals surface area contributed by atoms with Crippen LogP contribution in [0.2, 0.25) is 0 Å². The Kier molecular flexibility index (Phi) is 4.55. The Bertz CT molecular complexity index is 439. The normalized spacial score (nSPS) is 21.5. The fourth-order valence-corrected chi connectivity index (χ4v) is 3.26. The first-order chi connectivity index (χ1) is 8.66. The number of likely N-dealkylation sites (tertiary alicyclic amines) is 1. The van der Waals surface area contributed by atoms with Crippen LogP contribution in [0.25, 0.3) is 6.08 Å². The van der Waals surface area contributed by atoms with E-state index in [2.05, 4.69) is 11.8 Å². The van der Waals surface area contributed by atoms with Crippen LogP contribution in [-0.2, 0) is 11.3 Å². The van der Waals surface area contributed by atoms with Gasteiger partial charge >= 0.3 is 5.97 Å². The van der Waals surface area contributed by atoms with Gasteiger partial charge in [-0.1, -0.05) is 6.42 Å². The SMILES string of the molecule is CC1CCCCN1Cc1sccc1C=CC(=O)O. The fraction of sp³-hybridized carbons (Fsp3) is 0.500. The highest BCUT2D eigenvalue weighted by molar-refractivity contribution is 7.10. The number of carboxylic acids is 1. The monoisotopic (exact) mass is 265 g/mol. The molecule has 1 aromatic rings. The van der Waals surface area contributed by atoms with Crippen LogP contribution in [0.5, 0.6) is 0 Å². The van der Waals surface area contributed by atoms with E-state index in [-0.39, 0.29) is 0 Å². The van der Waals surface area contributed by atoms with Crippen molar-refractivity contribution in [2.45, 2.75) is 38.8 Å². The van der Waals surface area contributed by atoms with E-state index in [1.165, 1.54) is 30.2 Å². The molecule has 0 spiro atoms. The van der Waals surface area contributed by atoms with Crippen LogP contribution < -0.4 is 0 Å². The van der Waals surface area contributed by atoms with Gasteiger partial charge in [-0.15, -0.1) is 11.3 Å². The highest BCUT2D eigenvalue weighted by Crippen LogP contribution is 2.24. The Balaban J connectivity index is 2.05. The molecule has 1 N–H and O–H groups in total. The second-order valence-corrected chi connectivity index (χ2v) is 5.79. The second kappa shape index (κ2) is 6.16. The Morgan fingerprint density at radius 2 is 2.44 bits per heavy atom. The number of hydrogen-bond acceptors (Lipinski definition) is 3. The van der Waals surface area contributed by atoms with E-state index in [9.17, 15) is 4.79 Å². The van der Waals surface area contributed by atoms with Crippen LogP contribution >= 0.6 is 11.3 Å². The minimum absolute atomic E-state index is 0.636. The molecule has 0 bridgehead atoms. The quantitative estimate of drug-likeness (QED) is 0.850. The molecular weight excluding hydrogens is 246 g/mol. The van der Waals surface area contributed by atoms with E-state index in [0.717, 1.165) is 18.7 Å².